The first-order valence-corrected chi connectivity index (χ1v) is 8.86. The number of para-hydroxylation sites is 1. The van der Waals surface area contributed by atoms with Crippen LogP contribution in [0.25, 0.3) is 10.2 Å². The minimum Gasteiger partial charge on any atom is -0.350 e. The molecule has 1 aliphatic heterocycles. The van der Waals surface area contributed by atoms with Gasteiger partial charge in [0.15, 0.2) is 0 Å². The van der Waals surface area contributed by atoms with E-state index in [9.17, 15) is 4.79 Å². The van der Waals surface area contributed by atoms with E-state index < -0.39 is 0 Å². The maximum absolute atomic E-state index is 12.1. The summed E-state index contributed by atoms with van der Waals surface area (Å²) in [5.41, 5.74) is 1.01. The first-order chi connectivity index (χ1) is 10.7. The van der Waals surface area contributed by atoms with E-state index in [1.165, 1.54) is 17.5 Å². The van der Waals surface area contributed by atoms with Gasteiger partial charge in [0.2, 0.25) is 5.91 Å². The maximum atomic E-state index is 12.1. The second-order valence-corrected chi connectivity index (χ2v) is 7.24. The highest BCUT2D eigenvalue weighted by Crippen LogP contribution is 2.24. The lowest BCUT2D eigenvalue weighted by atomic mass is 9.84. The first kappa shape index (κ1) is 18.2. The SMILES string of the molecule is CC(CC(=O)NCc1nc2ccccc2s1)C1CCNCC1.Cl. The van der Waals surface area contributed by atoms with Crippen molar-refractivity contribution in [3.63, 3.8) is 0 Å². The van der Waals surface area contributed by atoms with Crippen molar-refractivity contribution in [2.45, 2.75) is 32.7 Å². The number of nitrogens with zero attached hydrogens (tertiary/aromatic N) is 1. The van der Waals surface area contributed by atoms with Gasteiger partial charge in [0.25, 0.3) is 0 Å². The summed E-state index contributed by atoms with van der Waals surface area (Å²) in [4.78, 5) is 16.7. The molecule has 2 N–H and O–H groups in total. The van der Waals surface area contributed by atoms with Crippen LogP contribution in [-0.4, -0.2) is 24.0 Å². The lowest BCUT2D eigenvalue weighted by Gasteiger charge is -2.27. The minimum absolute atomic E-state index is 0. The quantitative estimate of drug-likeness (QED) is 0.866. The minimum atomic E-state index is 0. The fourth-order valence-corrected chi connectivity index (χ4v) is 4.02. The number of piperidine rings is 1. The Balaban J connectivity index is 0.00000192. The van der Waals surface area contributed by atoms with Crippen molar-refractivity contribution in [1.29, 1.82) is 0 Å². The topological polar surface area (TPSA) is 54.0 Å². The summed E-state index contributed by atoms with van der Waals surface area (Å²) in [5, 5.41) is 7.37. The molecule has 6 heteroatoms. The summed E-state index contributed by atoms with van der Waals surface area (Å²) in [7, 11) is 0. The molecule has 0 bridgehead atoms. The highest BCUT2D eigenvalue weighted by molar-refractivity contribution is 7.18. The fraction of sp³-hybridized carbons (Fsp3) is 0.529. The Kier molecular flexibility index (Phi) is 6.81. The van der Waals surface area contributed by atoms with Crippen LogP contribution in [0.5, 0.6) is 0 Å². The summed E-state index contributed by atoms with van der Waals surface area (Å²) in [6.07, 6.45) is 2.99. The van der Waals surface area contributed by atoms with Gasteiger partial charge in [-0.05, 0) is 49.9 Å². The number of halogens is 1. The molecule has 2 aromatic rings. The van der Waals surface area contributed by atoms with Crippen molar-refractivity contribution in [1.82, 2.24) is 15.6 Å². The van der Waals surface area contributed by atoms with Crippen LogP contribution in [0.3, 0.4) is 0 Å². The molecule has 2 heterocycles. The molecule has 23 heavy (non-hydrogen) atoms. The lowest BCUT2D eigenvalue weighted by molar-refractivity contribution is -0.122. The molecule has 1 unspecified atom stereocenters. The van der Waals surface area contributed by atoms with E-state index >= 15 is 0 Å². The van der Waals surface area contributed by atoms with E-state index in [1.807, 2.05) is 18.2 Å². The van der Waals surface area contributed by atoms with Crippen LogP contribution in [0.15, 0.2) is 24.3 Å². The van der Waals surface area contributed by atoms with Crippen molar-refractivity contribution in [3.05, 3.63) is 29.3 Å². The van der Waals surface area contributed by atoms with E-state index in [-0.39, 0.29) is 18.3 Å². The van der Waals surface area contributed by atoms with Gasteiger partial charge in [0.1, 0.15) is 5.01 Å². The van der Waals surface area contributed by atoms with Gasteiger partial charge in [0.05, 0.1) is 16.8 Å². The molecule has 1 aliphatic rings. The van der Waals surface area contributed by atoms with E-state index in [1.54, 1.807) is 11.3 Å². The average molecular weight is 354 g/mol. The van der Waals surface area contributed by atoms with E-state index in [0.717, 1.165) is 23.6 Å². The smallest absolute Gasteiger partial charge is 0.220 e. The molecule has 0 aliphatic carbocycles. The zero-order valence-corrected chi connectivity index (χ0v) is 15.0. The summed E-state index contributed by atoms with van der Waals surface area (Å²) in [5.74, 6) is 1.28. The average Bonchev–Trinajstić information content (AvgIpc) is 2.96. The van der Waals surface area contributed by atoms with Gasteiger partial charge < -0.3 is 10.6 Å². The largest absolute Gasteiger partial charge is 0.350 e. The summed E-state index contributed by atoms with van der Waals surface area (Å²) in [6, 6.07) is 8.09. The number of benzene rings is 1. The number of aromatic nitrogens is 1. The molecule has 1 saturated heterocycles. The predicted octanol–water partition coefficient (Wildman–Crippen LogP) is 3.36. The third-order valence-electron chi connectivity index (χ3n) is 4.47. The normalized spacial score (nSPS) is 16.7. The number of amides is 1. The van der Waals surface area contributed by atoms with E-state index in [4.69, 9.17) is 0 Å². The molecule has 1 fully saturated rings. The van der Waals surface area contributed by atoms with Crippen LogP contribution in [0.2, 0.25) is 0 Å². The molecule has 1 aromatic carbocycles. The van der Waals surface area contributed by atoms with Crippen LogP contribution in [-0.2, 0) is 11.3 Å². The van der Waals surface area contributed by atoms with Gasteiger partial charge in [-0.3, -0.25) is 4.79 Å². The molecule has 0 radical (unpaired) electrons. The fourth-order valence-electron chi connectivity index (χ4n) is 3.11. The number of fused-ring (bicyclic) bond motifs is 1. The van der Waals surface area contributed by atoms with Crippen LogP contribution in [0.4, 0.5) is 0 Å². The van der Waals surface area contributed by atoms with Gasteiger partial charge in [-0.2, -0.15) is 0 Å². The van der Waals surface area contributed by atoms with Crippen LogP contribution in [0.1, 0.15) is 31.2 Å². The Hall–Kier alpha value is -1.17. The second-order valence-electron chi connectivity index (χ2n) is 6.12. The number of carbonyl (C=O) groups excluding carboxylic acids is 1. The van der Waals surface area contributed by atoms with Gasteiger partial charge in [-0.1, -0.05) is 19.1 Å². The summed E-state index contributed by atoms with van der Waals surface area (Å²) >= 11 is 1.65. The van der Waals surface area contributed by atoms with Crippen molar-refractivity contribution < 1.29 is 4.79 Å². The van der Waals surface area contributed by atoms with E-state index in [0.29, 0.717) is 24.8 Å². The summed E-state index contributed by atoms with van der Waals surface area (Å²) < 4.78 is 1.18. The third-order valence-corrected chi connectivity index (χ3v) is 5.51. The standard InChI is InChI=1S/C17H23N3OS.ClH/c1-12(13-6-8-18-9-7-13)10-16(21)19-11-17-20-14-4-2-3-5-15(14)22-17;/h2-5,12-13,18H,6-11H2,1H3,(H,19,21);1H. The first-order valence-electron chi connectivity index (χ1n) is 8.04. The maximum Gasteiger partial charge on any atom is 0.220 e. The Morgan fingerprint density at radius 3 is 2.87 bits per heavy atom. The molecule has 0 saturated carbocycles. The molecular weight excluding hydrogens is 330 g/mol. The third kappa shape index (κ3) is 4.90. The highest BCUT2D eigenvalue weighted by Gasteiger charge is 2.21. The molecule has 4 nitrogen and oxygen atoms in total. The van der Waals surface area contributed by atoms with Gasteiger partial charge in [-0.15, -0.1) is 23.7 Å². The number of hydrogen-bond donors (Lipinski definition) is 2. The number of hydrogen-bond acceptors (Lipinski definition) is 4. The van der Waals surface area contributed by atoms with Crippen molar-refractivity contribution in [3.8, 4) is 0 Å². The molecule has 1 amide bonds. The summed E-state index contributed by atoms with van der Waals surface area (Å²) in [6.45, 7) is 4.91. The molecule has 126 valence electrons. The van der Waals surface area contributed by atoms with Gasteiger partial charge in [0, 0.05) is 6.42 Å². The van der Waals surface area contributed by atoms with Crippen LogP contribution in [0, 0.1) is 11.8 Å². The number of thiazole rings is 1. The van der Waals surface area contributed by atoms with Crippen LogP contribution < -0.4 is 10.6 Å². The van der Waals surface area contributed by atoms with Gasteiger partial charge in [-0.25, -0.2) is 4.98 Å². The zero-order chi connectivity index (χ0) is 15.4. The molecule has 0 spiro atoms. The molecular formula is C17H24ClN3OS. The number of nitrogens with one attached hydrogen (secondary N) is 2. The van der Waals surface area contributed by atoms with Crippen LogP contribution >= 0.6 is 23.7 Å². The molecule has 3 rings (SSSR count). The Morgan fingerprint density at radius 2 is 2.13 bits per heavy atom. The Morgan fingerprint density at radius 1 is 1.39 bits per heavy atom. The monoisotopic (exact) mass is 353 g/mol. The lowest BCUT2D eigenvalue weighted by Crippen LogP contribution is -2.33. The van der Waals surface area contributed by atoms with Gasteiger partial charge >= 0.3 is 0 Å². The Labute approximate surface area is 147 Å². The van der Waals surface area contributed by atoms with E-state index in [2.05, 4.69) is 28.6 Å². The molecule has 1 aromatic heterocycles. The Bertz CT molecular complexity index is 607. The molecule has 1 atom stereocenters. The number of carbonyl (C=O) groups is 1. The van der Waals surface area contributed by atoms with Crippen molar-refractivity contribution in [2.24, 2.45) is 11.8 Å². The second kappa shape index (κ2) is 8.62. The predicted molar refractivity (Wildman–Crippen MR) is 98.1 cm³/mol. The van der Waals surface area contributed by atoms with Crippen molar-refractivity contribution in [2.75, 3.05) is 13.1 Å². The highest BCUT2D eigenvalue weighted by atomic mass is 35.5. The van der Waals surface area contributed by atoms with Crippen molar-refractivity contribution >= 4 is 39.9 Å². The number of rotatable bonds is 5. The zero-order valence-electron chi connectivity index (χ0n) is 13.4.